The van der Waals surface area contributed by atoms with Crippen LogP contribution in [0.1, 0.15) is 95.5 Å². The molecular formula is C53H52N6O6S. The number of likely N-dealkylation sites (tertiary alicyclic amines) is 2. The Kier molecular flexibility index (Phi) is 6.99. The second kappa shape index (κ2) is 12.2. The normalized spacial score (nSPS) is 33.7. The van der Waals surface area contributed by atoms with E-state index in [1.165, 1.54) is 36.8 Å². The van der Waals surface area contributed by atoms with Crippen LogP contribution in [0.25, 0.3) is 21.8 Å². The van der Waals surface area contributed by atoms with E-state index in [4.69, 9.17) is 21.7 Å². The molecule has 12 nitrogen and oxygen atoms in total. The van der Waals surface area contributed by atoms with Gasteiger partial charge in [0.2, 0.25) is 0 Å². The molecule has 1 unspecified atom stereocenters. The van der Waals surface area contributed by atoms with Crippen molar-refractivity contribution in [3.63, 3.8) is 0 Å². The molecule has 2 saturated heterocycles. The van der Waals surface area contributed by atoms with Gasteiger partial charge in [0.15, 0.2) is 40.3 Å². The maximum Gasteiger partial charge on any atom is 0.175 e. The van der Waals surface area contributed by atoms with Gasteiger partial charge in [-0.1, -0.05) is 12.1 Å². The molecule has 10 aliphatic rings. The van der Waals surface area contributed by atoms with E-state index in [0.717, 1.165) is 119 Å². The summed E-state index contributed by atoms with van der Waals surface area (Å²) < 4.78 is 13.7. The summed E-state index contributed by atoms with van der Waals surface area (Å²) in [5.41, 5.74) is 8.68. The van der Waals surface area contributed by atoms with Crippen molar-refractivity contribution in [2.45, 2.75) is 111 Å². The molecule has 6 aliphatic carbocycles. The molecule has 6 aromatic rings. The summed E-state index contributed by atoms with van der Waals surface area (Å²) in [5, 5.41) is 58.5. The summed E-state index contributed by atoms with van der Waals surface area (Å²) in [6, 6.07) is 20.0. The van der Waals surface area contributed by atoms with E-state index in [9.17, 15) is 20.4 Å². The molecule has 0 amide bonds. The first kappa shape index (κ1) is 37.7. The van der Waals surface area contributed by atoms with Gasteiger partial charge in [0.1, 0.15) is 0 Å². The van der Waals surface area contributed by atoms with Crippen molar-refractivity contribution in [3.05, 3.63) is 105 Å². The van der Waals surface area contributed by atoms with Gasteiger partial charge >= 0.3 is 0 Å². The second-order valence-corrected chi connectivity index (χ2v) is 22.4. The molecule has 4 fully saturated rings. The number of aromatic nitrogens is 2. The smallest absolute Gasteiger partial charge is 0.175 e. The Morgan fingerprint density at radius 3 is 1.55 bits per heavy atom. The zero-order chi connectivity index (χ0) is 43.8. The number of H-pyrrole nitrogens is 2. The maximum absolute atomic E-state index is 13.4. The number of benzene rings is 4. The third-order valence-corrected chi connectivity index (χ3v) is 19.0. The van der Waals surface area contributed by atoms with Gasteiger partial charge < -0.3 is 50.5 Å². The fourth-order valence-electron chi connectivity index (χ4n) is 15.7. The number of fused-ring (bicyclic) bond motifs is 8. The lowest BCUT2D eigenvalue weighted by Crippen LogP contribution is -2.74. The summed E-state index contributed by atoms with van der Waals surface area (Å²) >= 11 is 6.01. The van der Waals surface area contributed by atoms with E-state index in [2.05, 4.69) is 66.8 Å². The number of anilines is 2. The summed E-state index contributed by atoms with van der Waals surface area (Å²) in [7, 11) is 0. The number of phenols is 2. The van der Waals surface area contributed by atoms with Gasteiger partial charge in [0.05, 0.1) is 33.4 Å². The zero-order valence-corrected chi connectivity index (χ0v) is 37.4. The highest BCUT2D eigenvalue weighted by Crippen LogP contribution is 2.71. The average Bonchev–Trinajstić information content (AvgIpc) is 4.16. The standard InChI is InChI=1S/C53H52N6O6S/c60-37-11-5-27-17-39-52(62)21-33-31-19-29(7-9-35(31)56-43(33)47-50(52,41(27)45(37)64-47)13-15-58(39)23-25-1-2-25)54-49(66)55-30-8-10-36-32(20-30)34-22-53(63)40-18-28-6-12-38(61)46-42(28)51(53,48(65-46)44(34)57-36)14-16-59(40)24-26-3-4-26/h5-12,19-20,25-26,39-40,47-48,56-57,60-63H,1-4,13-18,21-24H2,(H2,54,55,66)/t39-,40+,47+,48?,50+,51+,52-,53-/m1/s1. The van der Waals surface area contributed by atoms with Crippen LogP contribution < -0.4 is 20.1 Å². The van der Waals surface area contributed by atoms with Crippen LogP contribution in [0, 0.1) is 11.8 Å². The van der Waals surface area contributed by atoms with Gasteiger partial charge in [-0.2, -0.15) is 0 Å². The lowest BCUT2D eigenvalue weighted by atomic mass is 9.49. The largest absolute Gasteiger partial charge is 0.504 e. The Labute approximate surface area is 386 Å². The maximum atomic E-state index is 13.4. The minimum atomic E-state index is -1.07. The molecule has 0 radical (unpaired) electrons. The highest BCUT2D eigenvalue weighted by atomic mass is 32.1. The van der Waals surface area contributed by atoms with Crippen molar-refractivity contribution in [1.82, 2.24) is 19.8 Å². The van der Waals surface area contributed by atoms with E-state index < -0.39 is 34.2 Å². The fourth-order valence-corrected chi connectivity index (χ4v) is 15.9. The molecule has 8 N–H and O–H groups in total. The quantitative estimate of drug-likeness (QED) is 0.0795. The Morgan fingerprint density at radius 1 is 0.652 bits per heavy atom. The number of nitrogens with zero attached hydrogens (tertiary/aromatic N) is 2. The van der Waals surface area contributed by atoms with Gasteiger partial charge in [0.25, 0.3) is 0 Å². The number of rotatable bonds is 6. The minimum Gasteiger partial charge on any atom is -0.504 e. The van der Waals surface area contributed by atoms with Gasteiger partial charge in [0, 0.05) is 82.3 Å². The summed E-state index contributed by atoms with van der Waals surface area (Å²) in [4.78, 5) is 12.6. The predicted octanol–water partition coefficient (Wildman–Crippen LogP) is 7.27. The molecule has 336 valence electrons. The Morgan fingerprint density at radius 2 is 1.11 bits per heavy atom. The number of phenolic OH excluding ortho intramolecular Hbond substituents is 2. The fraction of sp³-hybridized carbons (Fsp3) is 0.453. The monoisotopic (exact) mass is 900 g/mol. The number of aromatic amines is 2. The van der Waals surface area contributed by atoms with Crippen molar-refractivity contribution in [3.8, 4) is 23.0 Å². The summed E-state index contributed by atoms with van der Waals surface area (Å²) in [5.74, 6) is 2.78. The molecular weight excluding hydrogens is 849 g/mol. The van der Waals surface area contributed by atoms with Crippen LogP contribution in [-0.4, -0.2) is 94.8 Å². The van der Waals surface area contributed by atoms with Crippen LogP contribution in [0.3, 0.4) is 0 Å². The topological polar surface area (TPSA) is 162 Å². The van der Waals surface area contributed by atoms with Gasteiger partial charge in [-0.3, -0.25) is 9.80 Å². The van der Waals surface area contributed by atoms with Crippen LogP contribution in [0.5, 0.6) is 23.0 Å². The van der Waals surface area contributed by atoms with E-state index in [1.807, 2.05) is 12.1 Å². The minimum absolute atomic E-state index is 0.0447. The lowest BCUT2D eigenvalue weighted by molar-refractivity contribution is -0.173. The van der Waals surface area contributed by atoms with Crippen LogP contribution >= 0.6 is 12.2 Å². The molecule has 13 heteroatoms. The SMILES string of the molecule is Oc1ccc2c3c1OC1c4[nH]c5ccc(NC(=S)Nc6ccc7[nH]c8c(c7c6)C[C@@]6(O)[C@H]7Cc9ccc(O)c%10c9[C@@]6(CCN7CC6CC6)[C@H]8O%10)cc5c4C[C@@]4(O)[C@H](C2)N(CC2CC2)CC[C@]314. The molecule has 2 saturated carbocycles. The van der Waals surface area contributed by atoms with Gasteiger partial charge in [-0.25, -0.2) is 0 Å². The molecule has 4 bridgehead atoms. The van der Waals surface area contributed by atoms with Crippen molar-refractivity contribution in [1.29, 1.82) is 0 Å². The van der Waals surface area contributed by atoms with Crippen LogP contribution in [-0.2, 0) is 36.5 Å². The number of thiocarbonyl (C=S) groups is 1. The first-order valence-electron chi connectivity index (χ1n) is 24.4. The molecule has 4 aliphatic heterocycles. The first-order chi connectivity index (χ1) is 32.0. The third-order valence-electron chi connectivity index (χ3n) is 18.8. The highest BCUT2D eigenvalue weighted by Gasteiger charge is 2.74. The van der Waals surface area contributed by atoms with E-state index in [-0.39, 0.29) is 23.6 Å². The number of aromatic hydroxyl groups is 2. The van der Waals surface area contributed by atoms with Crippen molar-refractivity contribution < 1.29 is 29.9 Å². The zero-order valence-electron chi connectivity index (χ0n) is 36.5. The van der Waals surface area contributed by atoms with E-state index in [0.29, 0.717) is 41.3 Å². The third kappa shape index (κ3) is 4.48. The predicted molar refractivity (Wildman–Crippen MR) is 253 cm³/mol. The Bertz CT molecular complexity index is 3000. The molecule has 2 spiro atoms. The number of piperidine rings is 2. The summed E-state index contributed by atoms with van der Waals surface area (Å²) in [6.45, 7) is 3.85. The van der Waals surface area contributed by atoms with E-state index in [1.54, 1.807) is 12.1 Å². The number of nitrogens with one attached hydrogen (secondary N) is 4. The first-order valence-corrected chi connectivity index (χ1v) is 24.8. The highest BCUT2D eigenvalue weighted by molar-refractivity contribution is 7.80. The molecule has 2 aromatic heterocycles. The van der Waals surface area contributed by atoms with Crippen molar-refractivity contribution in [2.75, 3.05) is 36.8 Å². The number of aliphatic hydroxyl groups is 2. The average molecular weight is 901 g/mol. The molecule has 8 atom stereocenters. The van der Waals surface area contributed by atoms with E-state index >= 15 is 0 Å². The molecule has 6 heterocycles. The number of hydrogen-bond acceptors (Lipinski definition) is 9. The van der Waals surface area contributed by atoms with Crippen LogP contribution in [0.15, 0.2) is 60.7 Å². The van der Waals surface area contributed by atoms with Crippen LogP contribution in [0.4, 0.5) is 11.4 Å². The number of hydrogen-bond donors (Lipinski definition) is 8. The Hall–Kier alpha value is -5.31. The lowest BCUT2D eigenvalue weighted by Gasteiger charge is -2.62. The Balaban J connectivity index is 0.723. The van der Waals surface area contributed by atoms with Crippen molar-refractivity contribution in [2.24, 2.45) is 11.8 Å². The molecule has 66 heavy (non-hydrogen) atoms. The van der Waals surface area contributed by atoms with Crippen LogP contribution in [0.2, 0.25) is 0 Å². The van der Waals surface area contributed by atoms with Gasteiger partial charge in [-0.15, -0.1) is 0 Å². The molecule has 16 rings (SSSR count). The second-order valence-electron chi connectivity index (χ2n) is 22.0. The van der Waals surface area contributed by atoms with Crippen molar-refractivity contribution >= 4 is 50.5 Å². The number of ether oxygens (including phenoxy) is 2. The van der Waals surface area contributed by atoms with Gasteiger partial charge in [-0.05, 0) is 159 Å². The molecule has 4 aromatic carbocycles. The summed E-state index contributed by atoms with van der Waals surface area (Å²) in [6.07, 6.45) is 8.17.